The van der Waals surface area contributed by atoms with Gasteiger partial charge in [-0.25, -0.2) is 0 Å². The Morgan fingerprint density at radius 2 is 1.50 bits per heavy atom. The molecule has 0 radical (unpaired) electrons. The second-order valence-corrected chi connectivity index (χ2v) is 6.45. The van der Waals surface area contributed by atoms with Crippen molar-refractivity contribution in [1.82, 2.24) is 15.0 Å². The maximum Gasteiger partial charge on any atom is 0.131 e. The largest absolute Gasteiger partial charge is 0.311 e. The van der Waals surface area contributed by atoms with Gasteiger partial charge < -0.3 is 5.21 Å². The van der Waals surface area contributed by atoms with Crippen molar-refractivity contribution in [3.63, 3.8) is 0 Å². The van der Waals surface area contributed by atoms with Crippen molar-refractivity contribution in [2.24, 2.45) is 4.99 Å². The first-order valence-corrected chi connectivity index (χ1v) is 7.30. The van der Waals surface area contributed by atoms with Crippen LogP contribution >= 0.6 is 0 Å². The molecule has 1 aromatic carbocycles. The highest BCUT2D eigenvalue weighted by molar-refractivity contribution is 6.10. The average molecular weight is 296 g/mol. The minimum absolute atomic E-state index is 0.636. The summed E-state index contributed by atoms with van der Waals surface area (Å²) in [5.41, 5.74) is 1.89. The Bertz CT molecular complexity index is 722. The van der Waals surface area contributed by atoms with Crippen LogP contribution in [0.2, 0.25) is 0 Å². The van der Waals surface area contributed by atoms with Gasteiger partial charge in [-0.2, -0.15) is 5.06 Å². The molecule has 0 saturated heterocycles. The van der Waals surface area contributed by atoms with Gasteiger partial charge in [0.15, 0.2) is 0 Å². The lowest BCUT2D eigenvalue weighted by Gasteiger charge is -2.33. The highest BCUT2D eigenvalue weighted by Gasteiger charge is 2.48. The van der Waals surface area contributed by atoms with Crippen LogP contribution in [0.25, 0.3) is 11.3 Å². The summed E-state index contributed by atoms with van der Waals surface area (Å²) in [5, 5.41) is 11.7. The van der Waals surface area contributed by atoms with Gasteiger partial charge in [-0.3, -0.25) is 15.0 Å². The fourth-order valence-corrected chi connectivity index (χ4v) is 2.90. The molecule has 5 nitrogen and oxygen atoms in total. The van der Waals surface area contributed by atoms with Crippen molar-refractivity contribution in [2.75, 3.05) is 0 Å². The van der Waals surface area contributed by atoms with Crippen LogP contribution in [0.3, 0.4) is 0 Å². The molecule has 0 unspecified atom stereocenters. The van der Waals surface area contributed by atoms with E-state index in [1.807, 2.05) is 58.0 Å². The maximum absolute atomic E-state index is 10.4. The van der Waals surface area contributed by atoms with Crippen LogP contribution in [0.4, 0.5) is 0 Å². The minimum Gasteiger partial charge on any atom is -0.311 e. The van der Waals surface area contributed by atoms with E-state index >= 15 is 0 Å². The molecule has 3 rings (SSSR count). The Labute approximate surface area is 130 Å². The van der Waals surface area contributed by atoms with Crippen molar-refractivity contribution in [2.45, 2.75) is 38.9 Å². The molecule has 114 valence electrons. The second kappa shape index (κ2) is 4.97. The second-order valence-electron chi connectivity index (χ2n) is 6.45. The van der Waals surface area contributed by atoms with E-state index in [2.05, 4.69) is 9.97 Å². The Hall–Kier alpha value is -2.11. The number of aliphatic imine (C=N–C) groups is 1. The Kier molecular flexibility index (Phi) is 3.34. The molecule has 0 bridgehead atoms. The van der Waals surface area contributed by atoms with Crippen LogP contribution in [-0.4, -0.2) is 37.2 Å². The third kappa shape index (κ3) is 2.23. The summed E-state index contributed by atoms with van der Waals surface area (Å²) in [6, 6.07) is 9.90. The van der Waals surface area contributed by atoms with Crippen molar-refractivity contribution >= 4 is 5.71 Å². The SMILES string of the molecule is CC1(C)N=C(c2nccnc2-c2ccccc2)C(C)(C)N1O. The quantitative estimate of drug-likeness (QED) is 0.924. The summed E-state index contributed by atoms with van der Waals surface area (Å²) in [6.07, 6.45) is 3.34. The van der Waals surface area contributed by atoms with Crippen LogP contribution in [0.5, 0.6) is 0 Å². The van der Waals surface area contributed by atoms with Gasteiger partial charge in [0.05, 0.1) is 16.9 Å². The van der Waals surface area contributed by atoms with Gasteiger partial charge >= 0.3 is 0 Å². The first kappa shape index (κ1) is 14.8. The topological polar surface area (TPSA) is 61.6 Å². The molecule has 1 aliphatic heterocycles. The lowest BCUT2D eigenvalue weighted by atomic mass is 9.93. The molecule has 22 heavy (non-hydrogen) atoms. The number of hydrogen-bond donors (Lipinski definition) is 1. The summed E-state index contributed by atoms with van der Waals surface area (Å²) in [4.78, 5) is 13.7. The normalized spacial score (nSPS) is 20.0. The van der Waals surface area contributed by atoms with E-state index in [-0.39, 0.29) is 0 Å². The zero-order valence-corrected chi connectivity index (χ0v) is 13.3. The van der Waals surface area contributed by atoms with Gasteiger partial charge in [-0.1, -0.05) is 30.3 Å². The van der Waals surface area contributed by atoms with E-state index in [1.54, 1.807) is 12.4 Å². The van der Waals surface area contributed by atoms with E-state index in [9.17, 15) is 5.21 Å². The maximum atomic E-state index is 10.4. The highest BCUT2D eigenvalue weighted by Crippen LogP contribution is 2.36. The molecule has 1 N–H and O–H groups in total. The molecule has 0 atom stereocenters. The Morgan fingerprint density at radius 3 is 2.05 bits per heavy atom. The predicted molar refractivity (Wildman–Crippen MR) is 85.8 cm³/mol. The summed E-state index contributed by atoms with van der Waals surface area (Å²) in [5.74, 6) is 0. The number of hydroxylamine groups is 2. The van der Waals surface area contributed by atoms with Crippen molar-refractivity contribution in [3.05, 3.63) is 48.4 Å². The van der Waals surface area contributed by atoms with Gasteiger partial charge in [0.1, 0.15) is 11.4 Å². The van der Waals surface area contributed by atoms with E-state index in [1.165, 1.54) is 5.06 Å². The molecule has 2 heterocycles. The average Bonchev–Trinajstić information content (AvgIpc) is 2.68. The summed E-state index contributed by atoms with van der Waals surface area (Å²) in [6.45, 7) is 7.62. The highest BCUT2D eigenvalue weighted by atomic mass is 16.5. The summed E-state index contributed by atoms with van der Waals surface area (Å²) in [7, 11) is 0. The predicted octanol–water partition coefficient (Wildman–Crippen LogP) is 3.15. The third-order valence-electron chi connectivity index (χ3n) is 3.98. The first-order chi connectivity index (χ1) is 10.3. The molecule has 0 saturated carbocycles. The molecule has 2 aromatic rings. The van der Waals surface area contributed by atoms with Crippen LogP contribution in [0, 0.1) is 0 Å². The Balaban J connectivity index is 2.19. The minimum atomic E-state index is -0.690. The van der Waals surface area contributed by atoms with E-state index in [0.717, 1.165) is 17.0 Å². The molecule has 1 aliphatic rings. The number of benzene rings is 1. The monoisotopic (exact) mass is 296 g/mol. The lowest BCUT2D eigenvalue weighted by Crippen LogP contribution is -2.50. The standard InChI is InChI=1S/C17H20N4O/c1-16(2)15(20-17(3,4)21(16)22)14-13(18-10-11-19-14)12-8-6-5-7-9-12/h5-11,22H,1-4H3. The smallest absolute Gasteiger partial charge is 0.131 e. The third-order valence-corrected chi connectivity index (χ3v) is 3.98. The fourth-order valence-electron chi connectivity index (χ4n) is 2.90. The van der Waals surface area contributed by atoms with Crippen molar-refractivity contribution < 1.29 is 5.21 Å². The van der Waals surface area contributed by atoms with Gasteiger partial charge in [0.2, 0.25) is 0 Å². The molecular formula is C17H20N4O. The van der Waals surface area contributed by atoms with Crippen LogP contribution in [0.1, 0.15) is 33.4 Å². The molecule has 0 aliphatic carbocycles. The van der Waals surface area contributed by atoms with Gasteiger partial charge in [-0.05, 0) is 27.7 Å². The number of hydrogen-bond acceptors (Lipinski definition) is 5. The van der Waals surface area contributed by atoms with Crippen molar-refractivity contribution in [1.29, 1.82) is 0 Å². The molecule has 0 amide bonds. The molecular weight excluding hydrogens is 276 g/mol. The van der Waals surface area contributed by atoms with Crippen LogP contribution in [0.15, 0.2) is 47.7 Å². The first-order valence-electron chi connectivity index (χ1n) is 7.30. The van der Waals surface area contributed by atoms with Crippen LogP contribution < -0.4 is 0 Å². The molecule has 0 spiro atoms. The number of rotatable bonds is 2. The van der Waals surface area contributed by atoms with E-state index in [0.29, 0.717) is 5.69 Å². The summed E-state index contributed by atoms with van der Waals surface area (Å²) < 4.78 is 0. The van der Waals surface area contributed by atoms with Crippen LogP contribution in [-0.2, 0) is 0 Å². The zero-order valence-electron chi connectivity index (χ0n) is 13.3. The lowest BCUT2D eigenvalue weighted by molar-refractivity contribution is -0.188. The van der Waals surface area contributed by atoms with Gasteiger partial charge in [-0.15, -0.1) is 0 Å². The Morgan fingerprint density at radius 1 is 0.909 bits per heavy atom. The van der Waals surface area contributed by atoms with E-state index in [4.69, 9.17) is 4.99 Å². The van der Waals surface area contributed by atoms with Gasteiger partial charge in [0, 0.05) is 18.0 Å². The number of aromatic nitrogens is 2. The van der Waals surface area contributed by atoms with E-state index < -0.39 is 11.2 Å². The zero-order chi connectivity index (χ0) is 16.0. The van der Waals surface area contributed by atoms with Crippen molar-refractivity contribution in [3.8, 4) is 11.3 Å². The molecule has 0 fully saturated rings. The van der Waals surface area contributed by atoms with Gasteiger partial charge in [0.25, 0.3) is 0 Å². The fraction of sp³-hybridized carbons (Fsp3) is 0.353. The summed E-state index contributed by atoms with van der Waals surface area (Å²) >= 11 is 0. The molecule has 5 heteroatoms. The molecule has 1 aromatic heterocycles. The number of nitrogens with zero attached hydrogens (tertiary/aromatic N) is 4.